The summed E-state index contributed by atoms with van der Waals surface area (Å²) in [5.41, 5.74) is 1.63. The number of fused-ring (bicyclic) bond motifs is 1. The molecule has 2 aromatic heterocycles. The molecule has 0 aliphatic heterocycles. The van der Waals surface area contributed by atoms with Crippen LogP contribution in [0.15, 0.2) is 33.9 Å². The largest absolute Gasteiger partial charge is 0.276 e. The van der Waals surface area contributed by atoms with Gasteiger partial charge in [-0.05, 0) is 36.3 Å². The van der Waals surface area contributed by atoms with Crippen molar-refractivity contribution in [3.8, 4) is 0 Å². The van der Waals surface area contributed by atoms with Gasteiger partial charge in [0, 0.05) is 12.7 Å². The standard InChI is InChI=1S/C12H13N5O3S/c1-3-17-7-10(8(2)13-17)16-21(18,19)11-6-4-5-9-12(11)15-20-14-9/h4-7,16H,3H2,1-2H3. The Morgan fingerprint density at radius 2 is 2.14 bits per heavy atom. The van der Waals surface area contributed by atoms with E-state index < -0.39 is 10.0 Å². The molecule has 0 unspecified atom stereocenters. The molecule has 0 aliphatic rings. The highest BCUT2D eigenvalue weighted by Gasteiger charge is 2.21. The third-order valence-corrected chi connectivity index (χ3v) is 4.45. The molecular formula is C12H13N5O3S. The maximum atomic E-state index is 12.5. The predicted octanol–water partition coefficient (Wildman–Crippen LogP) is 1.55. The molecule has 0 radical (unpaired) electrons. The topological polar surface area (TPSA) is 103 Å². The van der Waals surface area contributed by atoms with E-state index in [-0.39, 0.29) is 10.4 Å². The smallest absolute Gasteiger partial charge is 0.264 e. The van der Waals surface area contributed by atoms with E-state index in [4.69, 9.17) is 0 Å². The highest BCUT2D eigenvalue weighted by Crippen LogP contribution is 2.23. The van der Waals surface area contributed by atoms with Crippen molar-refractivity contribution in [3.05, 3.63) is 30.1 Å². The zero-order chi connectivity index (χ0) is 15.0. The van der Waals surface area contributed by atoms with Crippen molar-refractivity contribution < 1.29 is 13.0 Å². The van der Waals surface area contributed by atoms with E-state index in [1.807, 2.05) is 6.92 Å². The van der Waals surface area contributed by atoms with Gasteiger partial charge < -0.3 is 0 Å². The van der Waals surface area contributed by atoms with Gasteiger partial charge in [0.25, 0.3) is 10.0 Å². The van der Waals surface area contributed by atoms with Gasteiger partial charge in [-0.2, -0.15) is 5.10 Å². The second kappa shape index (κ2) is 4.85. The fraction of sp³-hybridized carbons (Fsp3) is 0.250. The summed E-state index contributed by atoms with van der Waals surface area (Å²) in [6.45, 7) is 4.32. The van der Waals surface area contributed by atoms with E-state index in [1.165, 1.54) is 6.07 Å². The average molecular weight is 307 g/mol. The summed E-state index contributed by atoms with van der Waals surface area (Å²) in [6, 6.07) is 4.67. The second-order valence-corrected chi connectivity index (χ2v) is 6.13. The van der Waals surface area contributed by atoms with Crippen molar-refractivity contribution in [2.75, 3.05) is 4.72 Å². The van der Waals surface area contributed by atoms with Crippen molar-refractivity contribution in [1.82, 2.24) is 20.1 Å². The molecule has 0 aliphatic carbocycles. The van der Waals surface area contributed by atoms with Gasteiger partial charge in [-0.15, -0.1) is 0 Å². The van der Waals surface area contributed by atoms with Gasteiger partial charge in [0.15, 0.2) is 5.52 Å². The second-order valence-electron chi connectivity index (χ2n) is 4.48. The first-order valence-corrected chi connectivity index (χ1v) is 7.77. The number of benzene rings is 1. The molecule has 3 rings (SSSR count). The number of hydrogen-bond acceptors (Lipinski definition) is 6. The molecule has 0 saturated heterocycles. The van der Waals surface area contributed by atoms with Crippen LogP contribution in [-0.2, 0) is 16.6 Å². The van der Waals surface area contributed by atoms with Crippen molar-refractivity contribution in [3.63, 3.8) is 0 Å². The highest BCUT2D eigenvalue weighted by molar-refractivity contribution is 7.93. The van der Waals surface area contributed by atoms with E-state index in [2.05, 4.69) is 24.8 Å². The van der Waals surface area contributed by atoms with Crippen LogP contribution in [0.1, 0.15) is 12.6 Å². The van der Waals surface area contributed by atoms with Gasteiger partial charge in [0.05, 0.1) is 11.4 Å². The van der Waals surface area contributed by atoms with Gasteiger partial charge >= 0.3 is 0 Å². The van der Waals surface area contributed by atoms with Crippen molar-refractivity contribution >= 4 is 26.7 Å². The van der Waals surface area contributed by atoms with Crippen molar-refractivity contribution in [2.45, 2.75) is 25.3 Å². The summed E-state index contributed by atoms with van der Waals surface area (Å²) in [7, 11) is -3.79. The number of rotatable bonds is 4. The van der Waals surface area contributed by atoms with Crippen LogP contribution in [0.4, 0.5) is 5.69 Å². The monoisotopic (exact) mass is 307 g/mol. The number of aromatic nitrogens is 4. The van der Waals surface area contributed by atoms with Crippen LogP contribution in [0, 0.1) is 6.92 Å². The number of nitrogens with one attached hydrogen (secondary N) is 1. The molecule has 0 fully saturated rings. The summed E-state index contributed by atoms with van der Waals surface area (Å²) in [5.74, 6) is 0. The molecule has 1 N–H and O–H groups in total. The molecule has 3 aromatic rings. The zero-order valence-corrected chi connectivity index (χ0v) is 12.3. The molecule has 0 atom stereocenters. The quantitative estimate of drug-likeness (QED) is 0.784. The molecule has 1 aromatic carbocycles. The Balaban J connectivity index is 2.04. The Hall–Kier alpha value is -2.42. The van der Waals surface area contributed by atoms with E-state index in [0.717, 1.165) is 0 Å². The van der Waals surface area contributed by atoms with Gasteiger partial charge in [-0.25, -0.2) is 13.0 Å². The SMILES string of the molecule is CCn1cc(NS(=O)(=O)c2cccc3nonc23)c(C)n1. The third-order valence-electron chi connectivity index (χ3n) is 3.05. The number of hydrogen-bond donors (Lipinski definition) is 1. The first-order chi connectivity index (χ1) is 10.0. The lowest BCUT2D eigenvalue weighted by Gasteiger charge is -2.06. The Labute approximate surface area is 120 Å². The van der Waals surface area contributed by atoms with Crippen LogP contribution in [0.3, 0.4) is 0 Å². The summed E-state index contributed by atoms with van der Waals surface area (Å²) in [6.07, 6.45) is 1.65. The molecule has 0 spiro atoms. The Morgan fingerprint density at radius 3 is 2.86 bits per heavy atom. The van der Waals surface area contributed by atoms with E-state index in [0.29, 0.717) is 23.4 Å². The van der Waals surface area contributed by atoms with Gasteiger partial charge in [0.2, 0.25) is 0 Å². The van der Waals surface area contributed by atoms with Crippen LogP contribution in [-0.4, -0.2) is 28.5 Å². The van der Waals surface area contributed by atoms with Crippen molar-refractivity contribution in [2.24, 2.45) is 0 Å². The molecule has 21 heavy (non-hydrogen) atoms. The minimum atomic E-state index is -3.79. The Morgan fingerprint density at radius 1 is 1.33 bits per heavy atom. The molecule has 0 bridgehead atoms. The molecule has 8 nitrogen and oxygen atoms in total. The third kappa shape index (κ3) is 2.35. The molecule has 9 heteroatoms. The number of sulfonamides is 1. The number of aryl methyl sites for hydroxylation is 2. The minimum Gasteiger partial charge on any atom is -0.276 e. The van der Waals surface area contributed by atoms with Crippen LogP contribution in [0.2, 0.25) is 0 Å². The van der Waals surface area contributed by atoms with Gasteiger partial charge in [0.1, 0.15) is 10.4 Å². The van der Waals surface area contributed by atoms with E-state index in [9.17, 15) is 8.42 Å². The molecule has 2 heterocycles. The van der Waals surface area contributed by atoms with Gasteiger partial charge in [-0.3, -0.25) is 9.40 Å². The molecule has 0 saturated carbocycles. The average Bonchev–Trinajstić information content (AvgIpc) is 3.05. The van der Waals surface area contributed by atoms with Crippen LogP contribution >= 0.6 is 0 Å². The van der Waals surface area contributed by atoms with E-state index in [1.54, 1.807) is 29.9 Å². The lowest BCUT2D eigenvalue weighted by Crippen LogP contribution is -2.13. The fourth-order valence-electron chi connectivity index (χ4n) is 1.98. The Bertz CT molecular complexity index is 897. The summed E-state index contributed by atoms with van der Waals surface area (Å²) < 4.78 is 33.8. The molecule has 0 amide bonds. The zero-order valence-electron chi connectivity index (χ0n) is 11.4. The number of anilines is 1. The van der Waals surface area contributed by atoms with E-state index >= 15 is 0 Å². The summed E-state index contributed by atoms with van der Waals surface area (Å²) >= 11 is 0. The first kappa shape index (κ1) is 13.6. The highest BCUT2D eigenvalue weighted by atomic mass is 32.2. The normalized spacial score (nSPS) is 11.9. The Kier molecular flexibility index (Phi) is 3.13. The lowest BCUT2D eigenvalue weighted by molar-refractivity contribution is 0.315. The minimum absolute atomic E-state index is 0.0184. The fourth-order valence-corrected chi connectivity index (χ4v) is 3.23. The summed E-state index contributed by atoms with van der Waals surface area (Å²) in [5, 5.41) is 11.5. The van der Waals surface area contributed by atoms with Crippen LogP contribution < -0.4 is 4.72 Å². The lowest BCUT2D eigenvalue weighted by atomic mass is 10.3. The summed E-state index contributed by atoms with van der Waals surface area (Å²) in [4.78, 5) is 0.0184. The molecular weight excluding hydrogens is 294 g/mol. The van der Waals surface area contributed by atoms with Crippen LogP contribution in [0.5, 0.6) is 0 Å². The first-order valence-electron chi connectivity index (χ1n) is 6.29. The maximum absolute atomic E-state index is 12.5. The molecule has 110 valence electrons. The van der Waals surface area contributed by atoms with Gasteiger partial charge in [-0.1, -0.05) is 6.07 Å². The predicted molar refractivity (Wildman–Crippen MR) is 75.3 cm³/mol. The van der Waals surface area contributed by atoms with Crippen LogP contribution in [0.25, 0.3) is 11.0 Å². The maximum Gasteiger partial charge on any atom is 0.264 e. The number of nitrogens with zero attached hydrogens (tertiary/aromatic N) is 4. The van der Waals surface area contributed by atoms with Crippen molar-refractivity contribution in [1.29, 1.82) is 0 Å².